The summed E-state index contributed by atoms with van der Waals surface area (Å²) in [5, 5.41) is 0.828. The van der Waals surface area contributed by atoms with Crippen molar-refractivity contribution in [3.8, 4) is 0 Å². The Labute approximate surface area is 154 Å². The number of hydrogen-bond donors (Lipinski definition) is 0. The van der Waals surface area contributed by atoms with Crippen molar-refractivity contribution < 1.29 is 9.21 Å². The smallest absolute Gasteiger partial charge is 0.267 e. The highest BCUT2D eigenvalue weighted by Gasteiger charge is 2.32. The van der Waals surface area contributed by atoms with Crippen molar-refractivity contribution in [2.24, 2.45) is 4.99 Å². The highest BCUT2D eigenvalue weighted by Crippen LogP contribution is 2.34. The number of thioether (sulfide) groups is 1. The molecule has 2 aromatic rings. The van der Waals surface area contributed by atoms with E-state index in [0.717, 1.165) is 0 Å². The largest absolute Gasteiger partial charge is 0.465 e. The number of amides is 1. The lowest BCUT2D eigenvalue weighted by Gasteiger charge is -2.12. The van der Waals surface area contributed by atoms with E-state index < -0.39 is 0 Å². The number of aliphatic imine (C=N–C) groups is 1. The molecule has 3 heterocycles. The van der Waals surface area contributed by atoms with Crippen molar-refractivity contribution in [2.45, 2.75) is 0 Å². The first-order valence-electron chi connectivity index (χ1n) is 7.40. The number of aromatic nitrogens is 1. The predicted molar refractivity (Wildman–Crippen MR) is 102 cm³/mol. The maximum absolute atomic E-state index is 12.6. The number of amidine groups is 1. The van der Waals surface area contributed by atoms with Crippen LogP contribution in [0.2, 0.25) is 5.15 Å². The maximum atomic E-state index is 12.6. The molecule has 0 bridgehead atoms. The molecule has 0 N–H and O–H groups in total. The first-order valence-corrected chi connectivity index (χ1v) is 8.60. The summed E-state index contributed by atoms with van der Waals surface area (Å²) < 4.78 is 5.22. The molecule has 0 aliphatic carbocycles. The standard InChI is InChI=1S/C18H14ClN3O2S/c1-2-11-22-17(23)15(9-3-6-13-7-5-12-24-13)25-18(22)21-14-8-4-10-20-16(14)19/h2-10,12H,1,11H2/b6-3+,15-9+,21-18?. The Morgan fingerprint density at radius 2 is 2.28 bits per heavy atom. The van der Waals surface area contributed by atoms with Gasteiger partial charge in [0, 0.05) is 12.7 Å². The van der Waals surface area contributed by atoms with E-state index in [1.807, 2.05) is 6.07 Å². The molecule has 0 radical (unpaired) electrons. The van der Waals surface area contributed by atoms with E-state index in [2.05, 4.69) is 16.6 Å². The zero-order valence-corrected chi connectivity index (χ0v) is 14.7. The van der Waals surface area contributed by atoms with Crippen molar-refractivity contribution in [3.05, 3.63) is 77.4 Å². The van der Waals surface area contributed by atoms with Crippen LogP contribution < -0.4 is 0 Å². The molecule has 3 rings (SSSR count). The molecule has 5 nitrogen and oxygen atoms in total. The lowest BCUT2D eigenvalue weighted by Crippen LogP contribution is -2.29. The zero-order chi connectivity index (χ0) is 17.6. The van der Waals surface area contributed by atoms with Crippen molar-refractivity contribution in [1.82, 2.24) is 9.88 Å². The van der Waals surface area contributed by atoms with Crippen LogP contribution in [-0.4, -0.2) is 27.5 Å². The Hall–Kier alpha value is -2.57. The molecular weight excluding hydrogens is 358 g/mol. The van der Waals surface area contributed by atoms with Gasteiger partial charge in [-0.1, -0.05) is 23.8 Å². The molecule has 1 aliphatic rings. The summed E-state index contributed by atoms with van der Waals surface area (Å²) in [5.74, 6) is 0.582. The molecule has 126 valence electrons. The quantitative estimate of drug-likeness (QED) is 0.435. The van der Waals surface area contributed by atoms with E-state index in [-0.39, 0.29) is 11.1 Å². The molecule has 0 atom stereocenters. The van der Waals surface area contributed by atoms with Gasteiger partial charge in [-0.05, 0) is 48.2 Å². The Balaban J connectivity index is 1.87. The second-order valence-corrected chi connectivity index (χ2v) is 6.29. The van der Waals surface area contributed by atoms with Gasteiger partial charge in [-0.3, -0.25) is 9.69 Å². The Morgan fingerprint density at radius 1 is 1.40 bits per heavy atom. The van der Waals surface area contributed by atoms with E-state index in [1.54, 1.807) is 59.9 Å². The van der Waals surface area contributed by atoms with E-state index in [0.29, 0.717) is 28.1 Å². The van der Waals surface area contributed by atoms with Gasteiger partial charge < -0.3 is 4.42 Å². The van der Waals surface area contributed by atoms with Crippen molar-refractivity contribution in [1.29, 1.82) is 0 Å². The van der Waals surface area contributed by atoms with Gasteiger partial charge in [0.2, 0.25) is 0 Å². The van der Waals surface area contributed by atoms with Gasteiger partial charge in [0.25, 0.3) is 5.91 Å². The minimum absolute atomic E-state index is 0.132. The summed E-state index contributed by atoms with van der Waals surface area (Å²) in [4.78, 5) is 23.2. The Morgan fingerprint density at radius 3 is 3.00 bits per heavy atom. The topological polar surface area (TPSA) is 58.7 Å². The molecule has 0 unspecified atom stereocenters. The van der Waals surface area contributed by atoms with Crippen LogP contribution in [0.1, 0.15) is 5.76 Å². The van der Waals surface area contributed by atoms with Gasteiger partial charge in [-0.15, -0.1) is 6.58 Å². The van der Waals surface area contributed by atoms with Gasteiger partial charge in [-0.25, -0.2) is 9.98 Å². The van der Waals surface area contributed by atoms with Crippen molar-refractivity contribution >= 4 is 46.2 Å². The van der Waals surface area contributed by atoms with E-state index in [1.165, 1.54) is 11.8 Å². The molecule has 1 amide bonds. The van der Waals surface area contributed by atoms with Crippen LogP contribution in [0.25, 0.3) is 6.08 Å². The molecule has 7 heteroatoms. The summed E-state index contributed by atoms with van der Waals surface area (Å²) in [5.41, 5.74) is 0.515. The fourth-order valence-corrected chi connectivity index (χ4v) is 3.19. The lowest BCUT2D eigenvalue weighted by molar-refractivity contribution is -0.121. The number of pyridine rings is 1. The Bertz CT molecular complexity index is 872. The molecule has 0 aromatic carbocycles. The minimum atomic E-state index is -0.132. The molecule has 1 fully saturated rings. The summed E-state index contributed by atoms with van der Waals surface area (Å²) in [6.45, 7) is 4.06. The van der Waals surface area contributed by atoms with Crippen LogP contribution in [0.4, 0.5) is 5.69 Å². The van der Waals surface area contributed by atoms with Crippen molar-refractivity contribution in [3.63, 3.8) is 0 Å². The molecule has 25 heavy (non-hydrogen) atoms. The summed E-state index contributed by atoms with van der Waals surface area (Å²) >= 11 is 7.33. The van der Waals surface area contributed by atoms with Crippen LogP contribution >= 0.6 is 23.4 Å². The summed E-state index contributed by atoms with van der Waals surface area (Å²) in [6.07, 6.45) is 10.1. The fourth-order valence-electron chi connectivity index (χ4n) is 2.08. The number of carbonyl (C=O) groups is 1. The monoisotopic (exact) mass is 371 g/mol. The third-order valence-corrected chi connectivity index (χ3v) is 4.52. The van der Waals surface area contributed by atoms with Gasteiger partial charge >= 0.3 is 0 Å². The van der Waals surface area contributed by atoms with Crippen LogP contribution in [0, 0.1) is 0 Å². The number of furan rings is 1. The minimum Gasteiger partial charge on any atom is -0.465 e. The van der Waals surface area contributed by atoms with Crippen LogP contribution in [-0.2, 0) is 4.79 Å². The van der Waals surface area contributed by atoms with Crippen LogP contribution in [0.5, 0.6) is 0 Å². The maximum Gasteiger partial charge on any atom is 0.267 e. The molecule has 0 saturated carbocycles. The lowest BCUT2D eigenvalue weighted by atomic mass is 10.3. The second kappa shape index (κ2) is 8.00. The predicted octanol–water partition coefficient (Wildman–Crippen LogP) is 4.67. The van der Waals surface area contributed by atoms with Gasteiger partial charge in [-0.2, -0.15) is 0 Å². The average Bonchev–Trinajstić information content (AvgIpc) is 3.21. The summed E-state index contributed by atoms with van der Waals surface area (Å²) in [6, 6.07) is 7.13. The fraction of sp³-hybridized carbons (Fsp3) is 0.0556. The van der Waals surface area contributed by atoms with Crippen LogP contribution in [0.15, 0.2) is 75.8 Å². The second-order valence-electron chi connectivity index (χ2n) is 4.92. The third kappa shape index (κ3) is 4.10. The van der Waals surface area contributed by atoms with Gasteiger partial charge in [0.15, 0.2) is 10.3 Å². The van der Waals surface area contributed by atoms with Crippen LogP contribution in [0.3, 0.4) is 0 Å². The first kappa shape index (κ1) is 17.3. The first-order chi connectivity index (χ1) is 12.2. The molecule has 1 saturated heterocycles. The summed E-state index contributed by atoms with van der Waals surface area (Å²) in [7, 11) is 0. The number of allylic oxidation sites excluding steroid dienone is 2. The van der Waals surface area contributed by atoms with E-state index >= 15 is 0 Å². The molecular formula is C18H14ClN3O2S. The molecule has 2 aromatic heterocycles. The van der Waals surface area contributed by atoms with E-state index in [9.17, 15) is 4.79 Å². The Kier molecular flexibility index (Phi) is 5.53. The number of rotatable bonds is 5. The number of nitrogens with zero attached hydrogens (tertiary/aromatic N) is 3. The highest BCUT2D eigenvalue weighted by atomic mass is 35.5. The van der Waals surface area contributed by atoms with E-state index in [4.69, 9.17) is 16.0 Å². The zero-order valence-electron chi connectivity index (χ0n) is 13.1. The molecule has 1 aliphatic heterocycles. The third-order valence-electron chi connectivity index (χ3n) is 3.21. The molecule has 0 spiro atoms. The van der Waals surface area contributed by atoms with Gasteiger partial charge in [0.1, 0.15) is 11.4 Å². The number of carbonyl (C=O) groups excluding carboxylic acids is 1. The highest BCUT2D eigenvalue weighted by molar-refractivity contribution is 8.18. The van der Waals surface area contributed by atoms with Crippen molar-refractivity contribution in [2.75, 3.05) is 6.54 Å². The average molecular weight is 372 g/mol. The SMILES string of the molecule is C=CCN1C(=O)/C(=C\C=C\c2ccco2)SC1=Nc1cccnc1Cl. The van der Waals surface area contributed by atoms with Gasteiger partial charge in [0.05, 0.1) is 11.2 Å². The number of hydrogen-bond acceptors (Lipinski definition) is 5. The normalized spacial score (nSPS) is 18.0. The number of halogens is 1.